The Kier molecular flexibility index (Phi) is 24.2. The molecule has 34 heavy (non-hydrogen) atoms. The zero-order valence-corrected chi connectivity index (χ0v) is 22.7. The summed E-state index contributed by atoms with van der Waals surface area (Å²) in [6.07, 6.45) is 12.8. The highest BCUT2D eigenvalue weighted by Crippen LogP contribution is 2.30. The van der Waals surface area contributed by atoms with Gasteiger partial charge in [0.25, 0.3) is 11.8 Å². The number of carbonyl (C=O) groups is 4. The van der Waals surface area contributed by atoms with E-state index in [1.807, 2.05) is 34.7 Å². The van der Waals surface area contributed by atoms with Crippen LogP contribution in [-0.2, 0) is 19.2 Å². The molecule has 1 aliphatic heterocycles. The monoisotopic (exact) mass is 481 g/mol. The first kappa shape index (κ1) is 34.1. The van der Waals surface area contributed by atoms with Gasteiger partial charge in [-0.05, 0) is 64.5 Å². The van der Waals surface area contributed by atoms with Crippen LogP contribution in [0.2, 0.25) is 0 Å². The summed E-state index contributed by atoms with van der Waals surface area (Å²) in [4.78, 5) is 46.8. The number of hydrogen-bond acceptors (Lipinski definition) is 5. The molecule has 0 radical (unpaired) electrons. The molecule has 7 heteroatoms. The molecule has 7 nitrogen and oxygen atoms in total. The van der Waals surface area contributed by atoms with Crippen LogP contribution in [0.3, 0.4) is 0 Å². The molecule has 0 atom stereocenters. The van der Waals surface area contributed by atoms with Crippen molar-refractivity contribution in [3.05, 3.63) is 12.2 Å². The largest absolute Gasteiger partial charge is 0.356 e. The molecule has 0 aromatic carbocycles. The van der Waals surface area contributed by atoms with Crippen molar-refractivity contribution < 1.29 is 19.2 Å². The maximum Gasteiger partial charge on any atom is 0.253 e. The minimum Gasteiger partial charge on any atom is -0.356 e. The van der Waals surface area contributed by atoms with Crippen molar-refractivity contribution in [2.45, 2.75) is 98.8 Å². The highest BCUT2D eigenvalue weighted by molar-refractivity contribution is 6.12. The highest BCUT2D eigenvalue weighted by Gasteiger charge is 2.31. The number of unbranched alkanes of at least 4 members (excludes halogenated alkanes) is 4. The summed E-state index contributed by atoms with van der Waals surface area (Å²) in [6.45, 7) is 12.5. The Hall–Kier alpha value is -2.02. The molecule has 0 spiro atoms. The SMILES string of the molecule is CC.CC.CCCCNC.O=CCCCCCNC(=O)C1CCC(CN2C(=O)C=CC2=O)CC1. The number of hydrogen-bond donors (Lipinski definition) is 2. The summed E-state index contributed by atoms with van der Waals surface area (Å²) in [5.41, 5.74) is 0. The second kappa shape index (κ2) is 24.1. The van der Waals surface area contributed by atoms with E-state index in [0.29, 0.717) is 25.4 Å². The van der Waals surface area contributed by atoms with Gasteiger partial charge in [0.2, 0.25) is 5.91 Å². The summed E-state index contributed by atoms with van der Waals surface area (Å²) < 4.78 is 0. The maximum atomic E-state index is 12.1. The van der Waals surface area contributed by atoms with Crippen molar-refractivity contribution in [1.29, 1.82) is 0 Å². The smallest absolute Gasteiger partial charge is 0.253 e. The molecule has 1 aliphatic carbocycles. The van der Waals surface area contributed by atoms with Crippen molar-refractivity contribution in [3.63, 3.8) is 0 Å². The van der Waals surface area contributed by atoms with Crippen LogP contribution in [0.1, 0.15) is 98.8 Å². The predicted molar refractivity (Wildman–Crippen MR) is 140 cm³/mol. The van der Waals surface area contributed by atoms with Gasteiger partial charge in [0, 0.05) is 37.6 Å². The second-order valence-electron chi connectivity index (χ2n) is 8.10. The maximum absolute atomic E-state index is 12.1. The molecule has 0 unspecified atom stereocenters. The first-order chi connectivity index (χ1) is 16.5. The van der Waals surface area contributed by atoms with Gasteiger partial charge in [-0.1, -0.05) is 47.5 Å². The molecule has 2 aliphatic rings. The van der Waals surface area contributed by atoms with Crippen LogP contribution in [0.4, 0.5) is 0 Å². The van der Waals surface area contributed by atoms with Crippen molar-refractivity contribution in [1.82, 2.24) is 15.5 Å². The molecule has 1 fully saturated rings. The van der Waals surface area contributed by atoms with Crippen LogP contribution >= 0.6 is 0 Å². The number of amides is 3. The lowest BCUT2D eigenvalue weighted by Crippen LogP contribution is -2.38. The molecule has 3 amide bonds. The van der Waals surface area contributed by atoms with Crippen LogP contribution in [0.15, 0.2) is 12.2 Å². The van der Waals surface area contributed by atoms with Gasteiger partial charge >= 0.3 is 0 Å². The van der Waals surface area contributed by atoms with E-state index in [1.165, 1.54) is 29.9 Å². The summed E-state index contributed by atoms with van der Waals surface area (Å²) in [6, 6.07) is 0. The molecule has 2 N–H and O–H groups in total. The topological polar surface area (TPSA) is 95.6 Å². The first-order valence-electron chi connectivity index (χ1n) is 13.4. The number of carbonyl (C=O) groups excluding carboxylic acids is 4. The Balaban J connectivity index is 0. The number of imide groups is 1. The fraction of sp³-hybridized carbons (Fsp3) is 0.778. The Bertz CT molecular complexity index is 548. The molecule has 2 rings (SSSR count). The van der Waals surface area contributed by atoms with Gasteiger partial charge < -0.3 is 15.4 Å². The molecule has 1 saturated carbocycles. The lowest BCUT2D eigenvalue weighted by atomic mass is 9.81. The van der Waals surface area contributed by atoms with Gasteiger partial charge in [0.1, 0.15) is 6.29 Å². The van der Waals surface area contributed by atoms with Gasteiger partial charge in [-0.25, -0.2) is 0 Å². The molecular formula is C27H51N3O4. The van der Waals surface area contributed by atoms with E-state index in [-0.39, 0.29) is 23.6 Å². The summed E-state index contributed by atoms with van der Waals surface area (Å²) in [5, 5.41) is 6.04. The summed E-state index contributed by atoms with van der Waals surface area (Å²) >= 11 is 0. The van der Waals surface area contributed by atoms with Gasteiger partial charge in [-0.2, -0.15) is 0 Å². The van der Waals surface area contributed by atoms with Gasteiger partial charge in [0.05, 0.1) is 0 Å². The van der Waals surface area contributed by atoms with Gasteiger partial charge in [0.15, 0.2) is 0 Å². The fourth-order valence-electron chi connectivity index (χ4n) is 3.72. The third-order valence-electron chi connectivity index (χ3n) is 5.64. The molecule has 198 valence electrons. The molecule has 0 bridgehead atoms. The highest BCUT2D eigenvalue weighted by atomic mass is 16.2. The van der Waals surface area contributed by atoms with Crippen molar-refractivity contribution in [2.75, 3.05) is 26.7 Å². The number of aldehydes is 1. The average molecular weight is 482 g/mol. The van der Waals surface area contributed by atoms with Crippen molar-refractivity contribution >= 4 is 24.0 Å². The van der Waals surface area contributed by atoms with Gasteiger partial charge in [-0.15, -0.1) is 0 Å². The van der Waals surface area contributed by atoms with E-state index >= 15 is 0 Å². The quantitative estimate of drug-likeness (QED) is 0.240. The third-order valence-corrected chi connectivity index (χ3v) is 5.64. The summed E-state index contributed by atoms with van der Waals surface area (Å²) in [7, 11) is 1.98. The lowest BCUT2D eigenvalue weighted by Gasteiger charge is -2.30. The minimum atomic E-state index is -0.227. The molecule has 0 saturated heterocycles. The standard InChI is InChI=1S/C18H26N2O4.C5H13N.2C2H6/c21-12-4-2-1-3-11-19-18(24)15-7-5-14(6-8-15)13-20-16(22)9-10-17(20)23;1-3-4-5-6-2;2*1-2/h9-10,12,14-15H,1-8,11,13H2,(H,19,24);6H,3-5H2,1-2H3;2*1-2H3. The Morgan fingerprint density at radius 2 is 1.53 bits per heavy atom. The van der Waals surface area contributed by atoms with Crippen LogP contribution in [-0.4, -0.2) is 55.6 Å². The summed E-state index contributed by atoms with van der Waals surface area (Å²) in [5.74, 6) is -0.00718. The Morgan fingerprint density at radius 1 is 0.941 bits per heavy atom. The average Bonchev–Trinajstić information content (AvgIpc) is 3.20. The zero-order chi connectivity index (χ0) is 26.2. The Morgan fingerprint density at radius 3 is 2.00 bits per heavy atom. The van der Waals surface area contributed by atoms with Crippen LogP contribution in [0.5, 0.6) is 0 Å². The van der Waals surface area contributed by atoms with Crippen molar-refractivity contribution in [3.8, 4) is 0 Å². The van der Waals surface area contributed by atoms with Crippen LogP contribution in [0, 0.1) is 11.8 Å². The number of nitrogens with zero attached hydrogens (tertiary/aromatic N) is 1. The lowest BCUT2D eigenvalue weighted by molar-refractivity contribution is -0.138. The predicted octanol–water partition coefficient (Wildman–Crippen LogP) is 4.65. The van der Waals surface area contributed by atoms with Gasteiger partial charge in [-0.3, -0.25) is 19.3 Å². The zero-order valence-electron chi connectivity index (χ0n) is 22.7. The van der Waals surface area contributed by atoms with Crippen molar-refractivity contribution in [2.24, 2.45) is 11.8 Å². The molecule has 1 heterocycles. The van der Waals surface area contributed by atoms with E-state index in [2.05, 4.69) is 17.6 Å². The number of nitrogens with one attached hydrogen (secondary N) is 2. The number of rotatable bonds is 12. The molecular weight excluding hydrogens is 430 g/mol. The van der Waals surface area contributed by atoms with E-state index in [9.17, 15) is 19.2 Å². The van der Waals surface area contributed by atoms with E-state index < -0.39 is 0 Å². The van der Waals surface area contributed by atoms with Crippen LogP contribution in [0.25, 0.3) is 0 Å². The first-order valence-corrected chi connectivity index (χ1v) is 13.4. The third kappa shape index (κ3) is 15.8. The van der Waals surface area contributed by atoms with Crippen LogP contribution < -0.4 is 10.6 Å². The second-order valence-corrected chi connectivity index (χ2v) is 8.10. The molecule has 0 aromatic rings. The normalized spacial score (nSPS) is 18.6. The minimum absolute atomic E-state index is 0.0410. The van der Waals surface area contributed by atoms with E-state index in [0.717, 1.165) is 57.8 Å². The van der Waals surface area contributed by atoms with E-state index in [1.54, 1.807) is 0 Å². The Labute approximate surface area is 208 Å². The molecule has 0 aromatic heterocycles. The fourth-order valence-corrected chi connectivity index (χ4v) is 3.72. The van der Waals surface area contributed by atoms with E-state index in [4.69, 9.17) is 0 Å².